The van der Waals surface area contributed by atoms with E-state index in [0.29, 0.717) is 18.5 Å². The van der Waals surface area contributed by atoms with Gasteiger partial charge in [0, 0.05) is 24.7 Å². The molecule has 0 saturated heterocycles. The van der Waals surface area contributed by atoms with Crippen molar-refractivity contribution in [2.24, 2.45) is 0 Å². The summed E-state index contributed by atoms with van der Waals surface area (Å²) in [6.45, 7) is 3.35. The van der Waals surface area contributed by atoms with E-state index in [4.69, 9.17) is 4.74 Å². The third-order valence-corrected chi connectivity index (χ3v) is 4.30. The van der Waals surface area contributed by atoms with E-state index in [1.54, 1.807) is 19.2 Å². The standard InChI is InChI=1S/C19H21BrN2O3/c1-12-10-15(6-7-17(12)21-13(2)23)22-19(24)9-5-14-4-8-18(25-3)16(20)11-14/h4,6-8,10-11H,5,9H2,1-3H3,(H,21,23)(H,22,24). The zero-order valence-electron chi connectivity index (χ0n) is 14.5. The number of methoxy groups -OCH3 is 1. The Morgan fingerprint density at radius 1 is 1.12 bits per heavy atom. The van der Waals surface area contributed by atoms with Gasteiger partial charge in [0.05, 0.1) is 11.6 Å². The Hall–Kier alpha value is -2.34. The van der Waals surface area contributed by atoms with Crippen molar-refractivity contribution in [3.05, 3.63) is 52.0 Å². The van der Waals surface area contributed by atoms with Gasteiger partial charge >= 0.3 is 0 Å². The van der Waals surface area contributed by atoms with Gasteiger partial charge in [-0.15, -0.1) is 0 Å². The molecule has 2 rings (SSSR count). The summed E-state index contributed by atoms with van der Waals surface area (Å²) in [6.07, 6.45) is 1.02. The quantitative estimate of drug-likeness (QED) is 0.753. The van der Waals surface area contributed by atoms with E-state index in [1.807, 2.05) is 31.2 Å². The number of hydrogen-bond acceptors (Lipinski definition) is 3. The molecule has 0 aliphatic carbocycles. The van der Waals surface area contributed by atoms with Crippen molar-refractivity contribution < 1.29 is 14.3 Å². The maximum Gasteiger partial charge on any atom is 0.224 e. The van der Waals surface area contributed by atoms with E-state index in [0.717, 1.165) is 27.0 Å². The number of benzene rings is 2. The van der Waals surface area contributed by atoms with Crippen LogP contribution in [0.3, 0.4) is 0 Å². The highest BCUT2D eigenvalue weighted by Crippen LogP contribution is 2.26. The first-order chi connectivity index (χ1) is 11.9. The fourth-order valence-corrected chi connectivity index (χ4v) is 3.01. The molecule has 6 heteroatoms. The van der Waals surface area contributed by atoms with Crippen molar-refractivity contribution >= 4 is 39.1 Å². The number of hydrogen-bond donors (Lipinski definition) is 2. The van der Waals surface area contributed by atoms with Crippen molar-refractivity contribution in [1.29, 1.82) is 0 Å². The maximum absolute atomic E-state index is 12.2. The SMILES string of the molecule is COc1ccc(CCC(=O)Nc2ccc(NC(C)=O)c(C)c2)cc1Br. The molecular weight excluding hydrogens is 384 g/mol. The van der Waals surface area contributed by atoms with Crippen molar-refractivity contribution in [2.75, 3.05) is 17.7 Å². The molecule has 25 heavy (non-hydrogen) atoms. The van der Waals surface area contributed by atoms with Crippen LogP contribution in [0.2, 0.25) is 0 Å². The Labute approximate surface area is 155 Å². The summed E-state index contributed by atoms with van der Waals surface area (Å²) < 4.78 is 6.07. The van der Waals surface area contributed by atoms with Gasteiger partial charge in [-0.3, -0.25) is 9.59 Å². The van der Waals surface area contributed by atoms with Gasteiger partial charge in [0.15, 0.2) is 0 Å². The van der Waals surface area contributed by atoms with E-state index in [1.165, 1.54) is 6.92 Å². The van der Waals surface area contributed by atoms with E-state index >= 15 is 0 Å². The predicted octanol–water partition coefficient (Wildman–Crippen LogP) is 4.30. The highest BCUT2D eigenvalue weighted by molar-refractivity contribution is 9.10. The molecule has 0 bridgehead atoms. The molecule has 5 nitrogen and oxygen atoms in total. The second kappa shape index (κ2) is 8.67. The number of ether oxygens (including phenoxy) is 1. The summed E-state index contributed by atoms with van der Waals surface area (Å²) in [4.78, 5) is 23.3. The Morgan fingerprint density at radius 3 is 2.48 bits per heavy atom. The molecule has 132 valence electrons. The van der Waals surface area contributed by atoms with Gasteiger partial charge in [-0.2, -0.15) is 0 Å². The van der Waals surface area contributed by atoms with E-state index in [2.05, 4.69) is 26.6 Å². The van der Waals surface area contributed by atoms with Crippen LogP contribution in [0.1, 0.15) is 24.5 Å². The van der Waals surface area contributed by atoms with Crippen LogP contribution in [0.15, 0.2) is 40.9 Å². The summed E-state index contributed by atoms with van der Waals surface area (Å²) in [5.41, 5.74) is 3.41. The molecule has 0 radical (unpaired) electrons. The molecular formula is C19H21BrN2O3. The fourth-order valence-electron chi connectivity index (χ4n) is 2.42. The largest absolute Gasteiger partial charge is 0.496 e. The molecule has 0 aromatic heterocycles. The molecule has 0 fully saturated rings. The fraction of sp³-hybridized carbons (Fsp3) is 0.263. The summed E-state index contributed by atoms with van der Waals surface area (Å²) in [5, 5.41) is 5.63. The predicted molar refractivity (Wildman–Crippen MR) is 103 cm³/mol. The highest BCUT2D eigenvalue weighted by atomic mass is 79.9. The van der Waals surface area contributed by atoms with Gasteiger partial charge in [0.1, 0.15) is 5.75 Å². The van der Waals surface area contributed by atoms with Crippen LogP contribution in [0.4, 0.5) is 11.4 Å². The molecule has 0 atom stereocenters. The number of carbonyl (C=O) groups is 2. The van der Waals surface area contributed by atoms with Crippen LogP contribution in [0.25, 0.3) is 0 Å². The highest BCUT2D eigenvalue weighted by Gasteiger charge is 2.07. The minimum absolute atomic E-state index is 0.0568. The third-order valence-electron chi connectivity index (χ3n) is 3.68. The molecule has 0 spiro atoms. The van der Waals surface area contributed by atoms with E-state index in [9.17, 15) is 9.59 Å². The van der Waals surface area contributed by atoms with Crippen molar-refractivity contribution in [3.8, 4) is 5.75 Å². The number of rotatable bonds is 6. The zero-order valence-corrected chi connectivity index (χ0v) is 16.1. The van der Waals surface area contributed by atoms with E-state index in [-0.39, 0.29) is 11.8 Å². The lowest BCUT2D eigenvalue weighted by atomic mass is 10.1. The minimum Gasteiger partial charge on any atom is -0.496 e. The Bertz CT molecular complexity index is 790. The number of carbonyl (C=O) groups excluding carboxylic acids is 2. The molecule has 0 unspecified atom stereocenters. The Balaban J connectivity index is 1.93. The van der Waals surface area contributed by atoms with Gasteiger partial charge in [-0.05, 0) is 70.7 Å². The van der Waals surface area contributed by atoms with Gasteiger partial charge in [-0.1, -0.05) is 6.07 Å². The topological polar surface area (TPSA) is 67.4 Å². The number of nitrogens with one attached hydrogen (secondary N) is 2. The second-order valence-corrected chi connectivity index (χ2v) is 6.58. The number of aryl methyl sites for hydroxylation is 2. The smallest absolute Gasteiger partial charge is 0.224 e. The summed E-state index contributed by atoms with van der Waals surface area (Å²) >= 11 is 3.44. The number of halogens is 1. The lowest BCUT2D eigenvalue weighted by Crippen LogP contribution is -2.13. The molecule has 0 aliphatic heterocycles. The number of anilines is 2. The molecule has 2 aromatic rings. The first-order valence-electron chi connectivity index (χ1n) is 7.89. The van der Waals surface area contributed by atoms with Crippen LogP contribution >= 0.6 is 15.9 Å². The van der Waals surface area contributed by atoms with Crippen molar-refractivity contribution in [2.45, 2.75) is 26.7 Å². The van der Waals surface area contributed by atoms with Crippen molar-refractivity contribution in [3.63, 3.8) is 0 Å². The van der Waals surface area contributed by atoms with Gasteiger partial charge < -0.3 is 15.4 Å². The first-order valence-corrected chi connectivity index (χ1v) is 8.69. The van der Waals surface area contributed by atoms with Gasteiger partial charge in [0.2, 0.25) is 11.8 Å². The van der Waals surface area contributed by atoms with Crippen LogP contribution in [0, 0.1) is 6.92 Å². The minimum atomic E-state index is -0.120. The number of amides is 2. The van der Waals surface area contributed by atoms with Crippen LogP contribution in [0.5, 0.6) is 5.75 Å². The summed E-state index contributed by atoms with van der Waals surface area (Å²) in [5.74, 6) is 0.590. The van der Waals surface area contributed by atoms with Crippen LogP contribution < -0.4 is 15.4 Å². The van der Waals surface area contributed by atoms with Crippen molar-refractivity contribution in [1.82, 2.24) is 0 Å². The summed E-state index contributed by atoms with van der Waals surface area (Å²) in [6, 6.07) is 11.2. The Morgan fingerprint density at radius 2 is 1.88 bits per heavy atom. The molecule has 2 N–H and O–H groups in total. The average molecular weight is 405 g/mol. The van der Waals surface area contributed by atoms with Gasteiger partial charge in [0.25, 0.3) is 0 Å². The maximum atomic E-state index is 12.2. The van der Waals surface area contributed by atoms with Gasteiger partial charge in [-0.25, -0.2) is 0 Å². The summed E-state index contributed by atoms with van der Waals surface area (Å²) in [7, 11) is 1.62. The molecule has 0 saturated carbocycles. The molecule has 2 amide bonds. The molecule has 2 aromatic carbocycles. The van der Waals surface area contributed by atoms with Crippen LogP contribution in [-0.4, -0.2) is 18.9 Å². The van der Waals surface area contributed by atoms with E-state index < -0.39 is 0 Å². The second-order valence-electron chi connectivity index (χ2n) is 5.73. The Kier molecular flexibility index (Phi) is 6.58. The monoisotopic (exact) mass is 404 g/mol. The molecule has 0 heterocycles. The average Bonchev–Trinajstić information content (AvgIpc) is 2.55. The lowest BCUT2D eigenvalue weighted by molar-refractivity contribution is -0.116. The third kappa shape index (κ3) is 5.60. The lowest BCUT2D eigenvalue weighted by Gasteiger charge is -2.10. The van der Waals surface area contributed by atoms with Crippen LogP contribution in [-0.2, 0) is 16.0 Å². The normalized spacial score (nSPS) is 10.2. The first kappa shape index (κ1) is 19.0. The zero-order chi connectivity index (χ0) is 18.4. The molecule has 0 aliphatic rings.